The van der Waals surface area contributed by atoms with Gasteiger partial charge in [0.2, 0.25) is 0 Å². The summed E-state index contributed by atoms with van der Waals surface area (Å²) in [5.74, 6) is -0.606. The molecule has 126 valence electrons. The van der Waals surface area contributed by atoms with Gasteiger partial charge in [-0.05, 0) is 44.2 Å². The standard InChI is InChI=1S/C17H17Cl2N3O2/c1-3-22(4-2)17(24)11-7-8-20-15(9-11)16(23)21-14-10-12(18)5-6-13(14)19/h5-10H,3-4H2,1-2H3,(H,21,23). The molecule has 0 unspecified atom stereocenters. The average molecular weight is 366 g/mol. The third-order valence-corrected chi connectivity index (χ3v) is 4.03. The minimum absolute atomic E-state index is 0.129. The number of benzene rings is 1. The van der Waals surface area contributed by atoms with Crippen LogP contribution in [0.25, 0.3) is 0 Å². The van der Waals surface area contributed by atoms with E-state index in [1.807, 2.05) is 13.8 Å². The predicted octanol–water partition coefficient (Wildman–Crippen LogP) is 4.12. The molecule has 0 saturated heterocycles. The quantitative estimate of drug-likeness (QED) is 0.866. The van der Waals surface area contributed by atoms with Gasteiger partial charge in [-0.3, -0.25) is 14.6 Å². The number of pyridine rings is 1. The maximum absolute atomic E-state index is 12.4. The first-order chi connectivity index (χ1) is 11.5. The van der Waals surface area contributed by atoms with Gasteiger partial charge in [-0.2, -0.15) is 0 Å². The topological polar surface area (TPSA) is 62.3 Å². The van der Waals surface area contributed by atoms with E-state index in [9.17, 15) is 9.59 Å². The highest BCUT2D eigenvalue weighted by molar-refractivity contribution is 6.35. The van der Waals surface area contributed by atoms with E-state index in [2.05, 4.69) is 10.3 Å². The zero-order valence-electron chi connectivity index (χ0n) is 13.3. The van der Waals surface area contributed by atoms with Crippen LogP contribution in [0.5, 0.6) is 0 Å². The van der Waals surface area contributed by atoms with Crippen molar-refractivity contribution in [2.24, 2.45) is 0 Å². The lowest BCUT2D eigenvalue weighted by Gasteiger charge is -2.18. The largest absolute Gasteiger partial charge is 0.339 e. The number of nitrogens with one attached hydrogen (secondary N) is 1. The monoisotopic (exact) mass is 365 g/mol. The van der Waals surface area contributed by atoms with E-state index in [0.717, 1.165) is 0 Å². The molecular formula is C17H17Cl2N3O2. The van der Waals surface area contributed by atoms with Crippen molar-refractivity contribution in [3.05, 3.63) is 57.8 Å². The summed E-state index contributed by atoms with van der Waals surface area (Å²) in [6.07, 6.45) is 1.44. The van der Waals surface area contributed by atoms with Crippen LogP contribution in [-0.2, 0) is 0 Å². The molecule has 1 aromatic carbocycles. The number of anilines is 1. The third-order valence-electron chi connectivity index (χ3n) is 3.47. The third kappa shape index (κ3) is 4.24. The van der Waals surface area contributed by atoms with Crippen molar-refractivity contribution in [3.8, 4) is 0 Å². The molecule has 7 heteroatoms. The van der Waals surface area contributed by atoms with Crippen molar-refractivity contribution in [1.29, 1.82) is 0 Å². The number of rotatable bonds is 5. The highest BCUT2D eigenvalue weighted by atomic mass is 35.5. The van der Waals surface area contributed by atoms with Crippen molar-refractivity contribution in [1.82, 2.24) is 9.88 Å². The van der Waals surface area contributed by atoms with Gasteiger partial charge in [-0.1, -0.05) is 23.2 Å². The molecule has 0 fully saturated rings. The second-order valence-electron chi connectivity index (χ2n) is 4.99. The lowest BCUT2D eigenvalue weighted by Crippen LogP contribution is -2.30. The number of nitrogens with zero attached hydrogens (tertiary/aromatic N) is 2. The lowest BCUT2D eigenvalue weighted by atomic mass is 10.2. The van der Waals surface area contributed by atoms with Crippen LogP contribution >= 0.6 is 23.2 Å². The minimum atomic E-state index is -0.464. The Hall–Kier alpha value is -2.11. The molecule has 1 N–H and O–H groups in total. The molecule has 24 heavy (non-hydrogen) atoms. The Morgan fingerprint density at radius 2 is 1.83 bits per heavy atom. The van der Waals surface area contributed by atoms with E-state index < -0.39 is 5.91 Å². The fourth-order valence-corrected chi connectivity index (χ4v) is 2.50. The summed E-state index contributed by atoms with van der Waals surface area (Å²) in [4.78, 5) is 30.4. The second-order valence-corrected chi connectivity index (χ2v) is 5.83. The van der Waals surface area contributed by atoms with Gasteiger partial charge < -0.3 is 10.2 Å². The molecule has 2 rings (SSSR count). The van der Waals surface area contributed by atoms with Gasteiger partial charge in [-0.15, -0.1) is 0 Å². The second kappa shape index (κ2) is 8.13. The molecule has 0 spiro atoms. The van der Waals surface area contributed by atoms with Crippen LogP contribution in [0.3, 0.4) is 0 Å². The van der Waals surface area contributed by atoms with E-state index in [1.165, 1.54) is 12.3 Å². The number of amides is 2. The highest BCUT2D eigenvalue weighted by Gasteiger charge is 2.16. The Kier molecular flexibility index (Phi) is 6.17. The maximum Gasteiger partial charge on any atom is 0.274 e. The Morgan fingerprint density at radius 3 is 2.50 bits per heavy atom. The number of carbonyl (C=O) groups excluding carboxylic acids is 2. The molecule has 0 aliphatic rings. The number of carbonyl (C=O) groups is 2. The predicted molar refractivity (Wildman–Crippen MR) is 95.9 cm³/mol. The molecular weight excluding hydrogens is 349 g/mol. The van der Waals surface area contributed by atoms with Crippen LogP contribution in [0.2, 0.25) is 10.0 Å². The van der Waals surface area contributed by atoms with Gasteiger partial charge in [0.25, 0.3) is 11.8 Å². The smallest absolute Gasteiger partial charge is 0.274 e. The van der Waals surface area contributed by atoms with Gasteiger partial charge in [0.05, 0.1) is 10.7 Å². The lowest BCUT2D eigenvalue weighted by molar-refractivity contribution is 0.0773. The highest BCUT2D eigenvalue weighted by Crippen LogP contribution is 2.25. The van der Waals surface area contributed by atoms with Crippen LogP contribution in [-0.4, -0.2) is 34.8 Å². The van der Waals surface area contributed by atoms with Gasteiger partial charge in [0, 0.05) is 29.9 Å². The van der Waals surface area contributed by atoms with Crippen molar-refractivity contribution in [2.45, 2.75) is 13.8 Å². The first-order valence-corrected chi connectivity index (χ1v) is 8.23. The summed E-state index contributed by atoms with van der Waals surface area (Å²) in [5, 5.41) is 3.46. The molecule has 0 saturated carbocycles. The zero-order valence-corrected chi connectivity index (χ0v) is 14.9. The van der Waals surface area contributed by atoms with E-state index in [1.54, 1.807) is 29.2 Å². The summed E-state index contributed by atoms with van der Waals surface area (Å²) >= 11 is 11.9. The van der Waals surface area contributed by atoms with Crippen LogP contribution in [0.4, 0.5) is 5.69 Å². The van der Waals surface area contributed by atoms with Gasteiger partial charge in [0.1, 0.15) is 5.69 Å². The molecule has 5 nitrogen and oxygen atoms in total. The molecule has 0 radical (unpaired) electrons. The molecule has 2 aromatic rings. The van der Waals surface area contributed by atoms with Crippen LogP contribution < -0.4 is 5.32 Å². The van der Waals surface area contributed by atoms with Gasteiger partial charge in [-0.25, -0.2) is 0 Å². The maximum atomic E-state index is 12.4. The van der Waals surface area contributed by atoms with Crippen LogP contribution in [0.15, 0.2) is 36.5 Å². The normalized spacial score (nSPS) is 10.3. The number of hydrogen-bond donors (Lipinski definition) is 1. The Balaban J connectivity index is 2.23. The molecule has 1 heterocycles. The Morgan fingerprint density at radius 1 is 1.12 bits per heavy atom. The van der Waals surface area contributed by atoms with E-state index in [0.29, 0.717) is 34.4 Å². The van der Waals surface area contributed by atoms with Crippen molar-refractivity contribution < 1.29 is 9.59 Å². The van der Waals surface area contributed by atoms with Gasteiger partial charge in [0.15, 0.2) is 0 Å². The molecule has 0 aliphatic carbocycles. The van der Waals surface area contributed by atoms with E-state index >= 15 is 0 Å². The number of halogens is 2. The fraction of sp³-hybridized carbons (Fsp3) is 0.235. The van der Waals surface area contributed by atoms with Crippen LogP contribution in [0.1, 0.15) is 34.7 Å². The molecule has 0 atom stereocenters. The van der Waals surface area contributed by atoms with Crippen molar-refractivity contribution in [3.63, 3.8) is 0 Å². The summed E-state index contributed by atoms with van der Waals surface area (Å²) < 4.78 is 0. The molecule has 0 aliphatic heterocycles. The number of aromatic nitrogens is 1. The summed E-state index contributed by atoms with van der Waals surface area (Å²) in [7, 11) is 0. The van der Waals surface area contributed by atoms with E-state index in [4.69, 9.17) is 23.2 Å². The molecule has 0 bridgehead atoms. The first-order valence-electron chi connectivity index (χ1n) is 7.48. The summed E-state index contributed by atoms with van der Waals surface area (Å²) in [6.45, 7) is 4.99. The molecule has 2 amide bonds. The minimum Gasteiger partial charge on any atom is -0.339 e. The fourth-order valence-electron chi connectivity index (χ4n) is 2.16. The van der Waals surface area contributed by atoms with E-state index in [-0.39, 0.29) is 11.6 Å². The SMILES string of the molecule is CCN(CC)C(=O)c1ccnc(C(=O)Nc2cc(Cl)ccc2Cl)c1. The Labute approximate surface area is 150 Å². The molecule has 1 aromatic heterocycles. The summed E-state index contributed by atoms with van der Waals surface area (Å²) in [5.41, 5.74) is 0.927. The average Bonchev–Trinajstić information content (AvgIpc) is 2.59. The zero-order chi connectivity index (χ0) is 17.7. The Bertz CT molecular complexity index is 761. The first kappa shape index (κ1) is 18.2. The number of hydrogen-bond acceptors (Lipinski definition) is 3. The van der Waals surface area contributed by atoms with Crippen LogP contribution in [0, 0.1) is 0 Å². The summed E-state index contributed by atoms with van der Waals surface area (Å²) in [6, 6.07) is 7.82. The van der Waals surface area contributed by atoms with Crippen molar-refractivity contribution >= 4 is 40.7 Å². The van der Waals surface area contributed by atoms with Gasteiger partial charge >= 0.3 is 0 Å². The van der Waals surface area contributed by atoms with Crippen molar-refractivity contribution in [2.75, 3.05) is 18.4 Å².